The van der Waals surface area contributed by atoms with Gasteiger partial charge in [0.1, 0.15) is 0 Å². The summed E-state index contributed by atoms with van der Waals surface area (Å²) in [5, 5.41) is 3.28. The molecule has 0 spiro atoms. The molecule has 2 atom stereocenters. The Morgan fingerprint density at radius 3 is 2.37 bits per heavy atom. The van der Waals surface area contributed by atoms with Gasteiger partial charge in [-0.15, -0.1) is 12.4 Å². The first-order valence-corrected chi connectivity index (χ1v) is 7.30. The number of carbonyl (C=O) groups is 1. The SMILES string of the molecule is CC1(C)C2CN(CCC(=O)N3CCNCC3)CC21.Cl. The maximum Gasteiger partial charge on any atom is 0.223 e. The standard InChI is InChI=1S/C14H25N3O.ClH/c1-14(2)11-9-16(10-12(11)14)6-3-13(18)17-7-4-15-5-8-17;/h11-12,15H,3-10H2,1-2H3;1H. The molecule has 1 N–H and O–H groups in total. The van der Waals surface area contributed by atoms with Gasteiger partial charge >= 0.3 is 0 Å². The van der Waals surface area contributed by atoms with Crippen molar-refractivity contribution in [3.8, 4) is 0 Å². The van der Waals surface area contributed by atoms with E-state index in [4.69, 9.17) is 0 Å². The lowest BCUT2D eigenvalue weighted by atomic mass is 10.1. The summed E-state index contributed by atoms with van der Waals surface area (Å²) in [5.74, 6) is 2.13. The van der Waals surface area contributed by atoms with E-state index in [1.54, 1.807) is 0 Å². The highest BCUT2D eigenvalue weighted by molar-refractivity contribution is 5.85. The van der Waals surface area contributed by atoms with Gasteiger partial charge in [-0.1, -0.05) is 13.8 Å². The van der Waals surface area contributed by atoms with Crippen LogP contribution in [-0.4, -0.2) is 61.5 Å². The Labute approximate surface area is 122 Å². The minimum absolute atomic E-state index is 0. The Morgan fingerprint density at radius 2 is 1.79 bits per heavy atom. The van der Waals surface area contributed by atoms with Crippen LogP contribution in [0, 0.1) is 17.3 Å². The van der Waals surface area contributed by atoms with Crippen molar-refractivity contribution < 1.29 is 4.79 Å². The molecule has 2 unspecified atom stereocenters. The number of piperidine rings is 1. The second kappa shape index (κ2) is 5.58. The largest absolute Gasteiger partial charge is 0.340 e. The molecule has 2 saturated heterocycles. The normalized spacial score (nSPS) is 32.6. The van der Waals surface area contributed by atoms with E-state index in [9.17, 15) is 4.79 Å². The summed E-state index contributed by atoms with van der Waals surface area (Å²) in [6.45, 7) is 11.8. The van der Waals surface area contributed by atoms with Crippen LogP contribution in [0.4, 0.5) is 0 Å². The Bertz CT molecular complexity index is 328. The Balaban J connectivity index is 0.00000133. The Morgan fingerprint density at radius 1 is 1.21 bits per heavy atom. The van der Waals surface area contributed by atoms with Crippen LogP contribution in [0.1, 0.15) is 20.3 Å². The maximum atomic E-state index is 12.0. The van der Waals surface area contributed by atoms with Gasteiger partial charge in [0.2, 0.25) is 5.91 Å². The highest BCUT2D eigenvalue weighted by Crippen LogP contribution is 2.61. The van der Waals surface area contributed by atoms with Gasteiger partial charge in [-0.3, -0.25) is 4.79 Å². The van der Waals surface area contributed by atoms with E-state index < -0.39 is 0 Å². The number of carbonyl (C=O) groups excluding carboxylic acids is 1. The van der Waals surface area contributed by atoms with E-state index in [-0.39, 0.29) is 12.4 Å². The van der Waals surface area contributed by atoms with Crippen LogP contribution in [0.2, 0.25) is 0 Å². The van der Waals surface area contributed by atoms with Gasteiger partial charge in [0.15, 0.2) is 0 Å². The lowest BCUT2D eigenvalue weighted by Crippen LogP contribution is -2.47. The Kier molecular flexibility index (Phi) is 4.43. The molecule has 4 nitrogen and oxygen atoms in total. The van der Waals surface area contributed by atoms with Crippen molar-refractivity contribution in [2.75, 3.05) is 45.8 Å². The van der Waals surface area contributed by atoms with Crippen LogP contribution >= 0.6 is 12.4 Å². The van der Waals surface area contributed by atoms with Gasteiger partial charge in [-0.25, -0.2) is 0 Å². The van der Waals surface area contributed by atoms with E-state index in [1.165, 1.54) is 13.1 Å². The summed E-state index contributed by atoms with van der Waals surface area (Å²) in [4.78, 5) is 16.5. The predicted octanol–water partition coefficient (Wildman–Crippen LogP) is 0.818. The molecule has 0 radical (unpaired) electrons. The minimum Gasteiger partial charge on any atom is -0.340 e. The van der Waals surface area contributed by atoms with Crippen LogP contribution in [0.5, 0.6) is 0 Å². The molecule has 0 aromatic carbocycles. The molecule has 0 bridgehead atoms. The molecule has 3 aliphatic rings. The number of halogens is 1. The molecule has 3 fully saturated rings. The fourth-order valence-electron chi connectivity index (χ4n) is 3.72. The smallest absolute Gasteiger partial charge is 0.223 e. The molecule has 1 amide bonds. The number of fused-ring (bicyclic) bond motifs is 1. The molecule has 5 heteroatoms. The highest BCUT2D eigenvalue weighted by Gasteiger charge is 2.61. The third-order valence-corrected chi connectivity index (χ3v) is 5.31. The minimum atomic E-state index is 0. The number of hydrogen-bond acceptors (Lipinski definition) is 3. The number of likely N-dealkylation sites (tertiary alicyclic amines) is 1. The molecule has 1 saturated carbocycles. The molecule has 110 valence electrons. The zero-order valence-electron chi connectivity index (χ0n) is 12.0. The maximum absolute atomic E-state index is 12.0. The first-order chi connectivity index (χ1) is 8.59. The topological polar surface area (TPSA) is 35.6 Å². The van der Waals surface area contributed by atoms with E-state index in [2.05, 4.69) is 24.1 Å². The second-order valence-corrected chi connectivity index (χ2v) is 6.67. The quantitative estimate of drug-likeness (QED) is 0.835. The second-order valence-electron chi connectivity index (χ2n) is 6.67. The molecular weight excluding hydrogens is 262 g/mol. The first-order valence-electron chi connectivity index (χ1n) is 7.30. The number of nitrogens with one attached hydrogen (secondary N) is 1. The molecule has 3 rings (SSSR count). The van der Waals surface area contributed by atoms with Gasteiger partial charge in [0.05, 0.1) is 0 Å². The molecule has 0 aromatic rings. The van der Waals surface area contributed by atoms with Crippen LogP contribution in [0.15, 0.2) is 0 Å². The van der Waals surface area contributed by atoms with Crippen molar-refractivity contribution in [2.24, 2.45) is 17.3 Å². The van der Waals surface area contributed by atoms with Gasteiger partial charge in [0, 0.05) is 52.2 Å². The number of rotatable bonds is 3. The summed E-state index contributed by atoms with van der Waals surface area (Å²) in [6.07, 6.45) is 0.708. The molecule has 2 aliphatic heterocycles. The first kappa shape index (κ1) is 15.1. The lowest BCUT2D eigenvalue weighted by Gasteiger charge is -2.28. The van der Waals surface area contributed by atoms with Gasteiger partial charge in [0.25, 0.3) is 0 Å². The summed E-state index contributed by atoms with van der Waals surface area (Å²) < 4.78 is 0. The van der Waals surface area contributed by atoms with Gasteiger partial charge < -0.3 is 15.1 Å². The number of piperazine rings is 1. The van der Waals surface area contributed by atoms with Crippen molar-refractivity contribution in [2.45, 2.75) is 20.3 Å². The summed E-state index contributed by atoms with van der Waals surface area (Å²) in [7, 11) is 0. The van der Waals surface area contributed by atoms with Gasteiger partial charge in [-0.2, -0.15) is 0 Å². The summed E-state index contributed by atoms with van der Waals surface area (Å²) in [6, 6.07) is 0. The van der Waals surface area contributed by atoms with Crippen LogP contribution in [0.25, 0.3) is 0 Å². The molecule has 0 aromatic heterocycles. The predicted molar refractivity (Wildman–Crippen MR) is 78.5 cm³/mol. The summed E-state index contributed by atoms with van der Waals surface area (Å²) in [5.41, 5.74) is 0.582. The van der Waals surface area contributed by atoms with Crippen molar-refractivity contribution in [1.82, 2.24) is 15.1 Å². The van der Waals surface area contributed by atoms with Crippen LogP contribution in [0.3, 0.4) is 0 Å². The van der Waals surface area contributed by atoms with Crippen molar-refractivity contribution in [3.05, 3.63) is 0 Å². The Hall–Kier alpha value is -0.320. The van der Waals surface area contributed by atoms with Crippen LogP contribution in [-0.2, 0) is 4.79 Å². The molecular formula is C14H26ClN3O. The van der Waals surface area contributed by atoms with Crippen molar-refractivity contribution >= 4 is 18.3 Å². The van der Waals surface area contributed by atoms with Gasteiger partial charge in [-0.05, 0) is 17.3 Å². The number of nitrogens with zero attached hydrogens (tertiary/aromatic N) is 2. The van der Waals surface area contributed by atoms with E-state index in [1.807, 2.05) is 4.90 Å². The highest BCUT2D eigenvalue weighted by atomic mass is 35.5. The average Bonchev–Trinajstić information content (AvgIpc) is 2.78. The van der Waals surface area contributed by atoms with Crippen molar-refractivity contribution in [1.29, 1.82) is 0 Å². The van der Waals surface area contributed by atoms with E-state index >= 15 is 0 Å². The lowest BCUT2D eigenvalue weighted by molar-refractivity contribution is -0.132. The monoisotopic (exact) mass is 287 g/mol. The average molecular weight is 288 g/mol. The number of hydrogen-bond donors (Lipinski definition) is 1. The number of amides is 1. The zero-order valence-corrected chi connectivity index (χ0v) is 12.8. The zero-order chi connectivity index (χ0) is 12.8. The molecule has 2 heterocycles. The molecule has 1 aliphatic carbocycles. The fourth-order valence-corrected chi connectivity index (χ4v) is 3.72. The molecule has 19 heavy (non-hydrogen) atoms. The van der Waals surface area contributed by atoms with E-state index in [0.29, 0.717) is 17.7 Å². The van der Waals surface area contributed by atoms with Crippen LogP contribution < -0.4 is 5.32 Å². The third kappa shape index (κ3) is 2.91. The fraction of sp³-hybridized carbons (Fsp3) is 0.929. The summed E-state index contributed by atoms with van der Waals surface area (Å²) >= 11 is 0. The van der Waals surface area contributed by atoms with Crippen molar-refractivity contribution in [3.63, 3.8) is 0 Å². The van der Waals surface area contributed by atoms with E-state index in [0.717, 1.165) is 44.6 Å². The third-order valence-electron chi connectivity index (χ3n) is 5.31.